The summed E-state index contributed by atoms with van der Waals surface area (Å²) in [5.74, 6) is 0.973. The summed E-state index contributed by atoms with van der Waals surface area (Å²) in [6, 6.07) is 14.0. The molecule has 2 aromatic heterocycles. The summed E-state index contributed by atoms with van der Waals surface area (Å²) in [5.41, 5.74) is 3.93. The van der Waals surface area contributed by atoms with E-state index in [9.17, 15) is 4.79 Å². The van der Waals surface area contributed by atoms with Crippen LogP contribution in [-0.2, 0) is 19.4 Å². The molecule has 2 heterocycles. The molecule has 0 saturated carbocycles. The minimum Gasteiger partial charge on any atom is -0.337 e. The van der Waals surface area contributed by atoms with Gasteiger partial charge in [-0.15, -0.1) is 0 Å². The van der Waals surface area contributed by atoms with Gasteiger partial charge in [0.15, 0.2) is 5.82 Å². The minimum atomic E-state index is -0.214. The molecule has 1 atom stereocenters. The van der Waals surface area contributed by atoms with Gasteiger partial charge in [0.2, 0.25) is 0 Å². The van der Waals surface area contributed by atoms with Crippen LogP contribution < -0.4 is 10.6 Å². The van der Waals surface area contributed by atoms with Gasteiger partial charge in [-0.1, -0.05) is 24.3 Å². The maximum absolute atomic E-state index is 12.1. The second kappa shape index (κ2) is 7.39. The van der Waals surface area contributed by atoms with Gasteiger partial charge in [0.05, 0.1) is 0 Å². The SMILES string of the molecule is O=C(NCC1Cc2ccccc21)Nc1ccn(CCc2ccncc2)n1. The van der Waals surface area contributed by atoms with Crippen LogP contribution >= 0.6 is 0 Å². The lowest BCUT2D eigenvalue weighted by molar-refractivity contribution is 0.251. The van der Waals surface area contributed by atoms with Crippen LogP contribution in [0, 0.1) is 0 Å². The Hall–Kier alpha value is -3.15. The standard InChI is InChI=1S/C20H21N5O/c26-20(22-14-17-13-16-3-1-2-4-18(16)17)23-19-8-12-25(24-19)11-7-15-5-9-21-10-6-15/h1-6,8-10,12,17H,7,11,13-14H2,(H2,22,23,24,26). The first-order chi connectivity index (χ1) is 12.8. The largest absolute Gasteiger partial charge is 0.337 e. The van der Waals surface area contributed by atoms with Crippen LogP contribution in [0.5, 0.6) is 0 Å². The van der Waals surface area contributed by atoms with Crippen molar-refractivity contribution in [2.75, 3.05) is 11.9 Å². The molecule has 132 valence electrons. The van der Waals surface area contributed by atoms with Crippen LogP contribution in [0.15, 0.2) is 61.1 Å². The van der Waals surface area contributed by atoms with E-state index in [1.54, 1.807) is 12.4 Å². The summed E-state index contributed by atoms with van der Waals surface area (Å²) < 4.78 is 1.83. The molecule has 6 nitrogen and oxygen atoms in total. The lowest BCUT2D eigenvalue weighted by Crippen LogP contribution is -2.35. The fraction of sp³-hybridized carbons (Fsp3) is 0.250. The van der Waals surface area contributed by atoms with Gasteiger partial charge in [0.1, 0.15) is 0 Å². The normalized spacial score (nSPS) is 15.0. The van der Waals surface area contributed by atoms with Crippen LogP contribution in [0.1, 0.15) is 22.6 Å². The highest BCUT2D eigenvalue weighted by molar-refractivity contribution is 5.88. The van der Waals surface area contributed by atoms with E-state index in [1.807, 2.05) is 35.1 Å². The Morgan fingerprint density at radius 2 is 2.00 bits per heavy atom. The molecule has 0 radical (unpaired) electrons. The molecule has 6 heteroatoms. The molecule has 0 saturated heterocycles. The first-order valence-corrected chi connectivity index (χ1v) is 8.83. The van der Waals surface area contributed by atoms with Crippen molar-refractivity contribution < 1.29 is 4.79 Å². The number of anilines is 1. The molecule has 1 aliphatic carbocycles. The second-order valence-corrected chi connectivity index (χ2v) is 6.50. The van der Waals surface area contributed by atoms with E-state index in [0.717, 1.165) is 19.4 Å². The molecule has 1 aromatic carbocycles. The molecule has 3 aromatic rings. The summed E-state index contributed by atoms with van der Waals surface area (Å²) in [6.07, 6.45) is 7.35. The maximum Gasteiger partial charge on any atom is 0.320 e. The van der Waals surface area contributed by atoms with Crippen LogP contribution in [0.4, 0.5) is 10.6 Å². The number of amides is 2. The average molecular weight is 347 g/mol. The average Bonchev–Trinajstić information content (AvgIpc) is 3.09. The van der Waals surface area contributed by atoms with E-state index in [1.165, 1.54) is 16.7 Å². The van der Waals surface area contributed by atoms with Crippen molar-refractivity contribution >= 4 is 11.8 Å². The van der Waals surface area contributed by atoms with E-state index in [2.05, 4.69) is 38.9 Å². The Morgan fingerprint density at radius 1 is 1.15 bits per heavy atom. The molecule has 0 aliphatic heterocycles. The van der Waals surface area contributed by atoms with Crippen molar-refractivity contribution in [2.24, 2.45) is 0 Å². The summed E-state index contributed by atoms with van der Waals surface area (Å²) in [7, 11) is 0. The van der Waals surface area contributed by atoms with Crippen LogP contribution in [-0.4, -0.2) is 27.3 Å². The monoisotopic (exact) mass is 347 g/mol. The number of urea groups is 1. The topological polar surface area (TPSA) is 71.8 Å². The Bertz CT molecular complexity index is 890. The molecule has 0 bridgehead atoms. The number of carbonyl (C=O) groups excluding carboxylic acids is 1. The molecule has 2 amide bonds. The van der Waals surface area contributed by atoms with Crippen LogP contribution in [0.25, 0.3) is 0 Å². The molecule has 0 fully saturated rings. The number of nitrogens with zero attached hydrogens (tertiary/aromatic N) is 3. The van der Waals surface area contributed by atoms with Gasteiger partial charge in [-0.05, 0) is 41.7 Å². The van der Waals surface area contributed by atoms with Crippen molar-refractivity contribution in [2.45, 2.75) is 25.3 Å². The number of aryl methyl sites for hydroxylation is 2. The number of pyridine rings is 1. The number of fused-ring (bicyclic) bond motifs is 1. The van der Waals surface area contributed by atoms with Gasteiger partial charge in [0.25, 0.3) is 0 Å². The number of rotatable bonds is 6. The van der Waals surface area contributed by atoms with Gasteiger partial charge >= 0.3 is 6.03 Å². The Kier molecular flexibility index (Phi) is 4.64. The van der Waals surface area contributed by atoms with Crippen molar-refractivity contribution in [1.82, 2.24) is 20.1 Å². The molecular weight excluding hydrogens is 326 g/mol. The van der Waals surface area contributed by atoms with Gasteiger partial charge in [-0.25, -0.2) is 4.79 Å². The van der Waals surface area contributed by atoms with Crippen LogP contribution in [0.3, 0.4) is 0 Å². The number of nitrogens with one attached hydrogen (secondary N) is 2. The molecular formula is C20H21N5O. The highest BCUT2D eigenvalue weighted by Gasteiger charge is 2.25. The maximum atomic E-state index is 12.1. The first kappa shape index (κ1) is 16.3. The first-order valence-electron chi connectivity index (χ1n) is 8.83. The molecule has 2 N–H and O–H groups in total. The highest BCUT2D eigenvalue weighted by atomic mass is 16.2. The fourth-order valence-electron chi connectivity index (χ4n) is 3.27. The van der Waals surface area contributed by atoms with Gasteiger partial charge in [0, 0.05) is 43.7 Å². The predicted octanol–water partition coefficient (Wildman–Crippen LogP) is 2.98. The molecule has 26 heavy (non-hydrogen) atoms. The van der Waals surface area contributed by atoms with Crippen molar-refractivity contribution in [3.8, 4) is 0 Å². The van der Waals surface area contributed by atoms with Gasteiger partial charge in [-0.2, -0.15) is 5.10 Å². The summed E-state index contributed by atoms with van der Waals surface area (Å²) >= 11 is 0. The fourth-order valence-corrected chi connectivity index (χ4v) is 3.27. The van der Waals surface area contributed by atoms with E-state index in [0.29, 0.717) is 18.3 Å². The van der Waals surface area contributed by atoms with Crippen LogP contribution in [0.2, 0.25) is 0 Å². The van der Waals surface area contributed by atoms with Crippen molar-refractivity contribution in [3.05, 3.63) is 77.7 Å². The third kappa shape index (κ3) is 3.74. The lowest BCUT2D eigenvalue weighted by Gasteiger charge is -2.30. The predicted molar refractivity (Wildman–Crippen MR) is 100 cm³/mol. The second-order valence-electron chi connectivity index (χ2n) is 6.50. The van der Waals surface area contributed by atoms with Gasteiger partial charge < -0.3 is 5.32 Å². The van der Waals surface area contributed by atoms with E-state index in [-0.39, 0.29) is 6.03 Å². The number of hydrogen-bond acceptors (Lipinski definition) is 3. The van der Waals surface area contributed by atoms with Crippen molar-refractivity contribution in [3.63, 3.8) is 0 Å². The number of aromatic nitrogens is 3. The van der Waals surface area contributed by atoms with E-state index in [4.69, 9.17) is 0 Å². The zero-order valence-electron chi connectivity index (χ0n) is 14.4. The summed E-state index contributed by atoms with van der Waals surface area (Å²) in [6.45, 7) is 1.40. The lowest BCUT2D eigenvalue weighted by atomic mass is 9.78. The van der Waals surface area contributed by atoms with Gasteiger partial charge in [-0.3, -0.25) is 15.0 Å². The molecule has 1 aliphatic rings. The molecule has 4 rings (SSSR count). The third-order valence-corrected chi connectivity index (χ3v) is 4.73. The number of carbonyl (C=O) groups is 1. The Labute approximate surface area is 152 Å². The quantitative estimate of drug-likeness (QED) is 0.720. The zero-order valence-corrected chi connectivity index (χ0v) is 14.4. The summed E-state index contributed by atoms with van der Waals surface area (Å²) in [4.78, 5) is 16.1. The third-order valence-electron chi connectivity index (χ3n) is 4.73. The Balaban J connectivity index is 1.23. The Morgan fingerprint density at radius 3 is 2.85 bits per heavy atom. The van der Waals surface area contributed by atoms with E-state index < -0.39 is 0 Å². The number of hydrogen-bond donors (Lipinski definition) is 2. The minimum absolute atomic E-state index is 0.214. The smallest absolute Gasteiger partial charge is 0.320 e. The zero-order chi connectivity index (χ0) is 17.8. The summed E-state index contributed by atoms with van der Waals surface area (Å²) in [5, 5.41) is 10.1. The van der Waals surface area contributed by atoms with E-state index >= 15 is 0 Å². The molecule has 0 spiro atoms. The van der Waals surface area contributed by atoms with Crippen molar-refractivity contribution in [1.29, 1.82) is 0 Å². The highest BCUT2D eigenvalue weighted by Crippen LogP contribution is 2.33. The molecule has 1 unspecified atom stereocenters. The number of benzene rings is 1.